The molecule has 1 aromatic carbocycles. The summed E-state index contributed by atoms with van der Waals surface area (Å²) >= 11 is 0. The smallest absolute Gasteiger partial charge is 0.320 e. The van der Waals surface area contributed by atoms with Crippen molar-refractivity contribution in [3.63, 3.8) is 0 Å². The number of morpholine rings is 1. The third-order valence-corrected chi connectivity index (χ3v) is 5.91. The van der Waals surface area contributed by atoms with Crippen LogP contribution in [0.5, 0.6) is 0 Å². The third kappa shape index (κ3) is 4.37. The SMILES string of the molecule is C[C@H](CNC(=O)C1=NO[C@@]2(CCN(C(=O)N3CCOCC3)C2)C1)c1ccccc1. The number of carbonyl (C=O) groups excluding carboxylic acids is 2. The van der Waals surface area contributed by atoms with E-state index in [0.29, 0.717) is 64.5 Å². The predicted molar refractivity (Wildman–Crippen MR) is 108 cm³/mol. The van der Waals surface area contributed by atoms with Crippen LogP contribution in [0.2, 0.25) is 0 Å². The van der Waals surface area contributed by atoms with Crippen LogP contribution >= 0.6 is 0 Å². The van der Waals surface area contributed by atoms with Gasteiger partial charge in [-0.2, -0.15) is 0 Å². The maximum absolute atomic E-state index is 12.7. The normalized spacial score (nSPS) is 24.9. The molecule has 29 heavy (non-hydrogen) atoms. The van der Waals surface area contributed by atoms with Crippen molar-refractivity contribution in [2.45, 2.75) is 31.3 Å². The lowest BCUT2D eigenvalue weighted by Crippen LogP contribution is -2.48. The number of urea groups is 1. The zero-order valence-corrected chi connectivity index (χ0v) is 16.8. The van der Waals surface area contributed by atoms with E-state index in [0.717, 1.165) is 0 Å². The molecule has 2 saturated heterocycles. The molecule has 0 saturated carbocycles. The van der Waals surface area contributed by atoms with Gasteiger partial charge in [-0.15, -0.1) is 0 Å². The monoisotopic (exact) mass is 400 g/mol. The molecule has 3 aliphatic rings. The van der Waals surface area contributed by atoms with Crippen molar-refractivity contribution < 1.29 is 19.2 Å². The number of benzene rings is 1. The van der Waals surface area contributed by atoms with Crippen LogP contribution in [0.1, 0.15) is 31.2 Å². The first kappa shape index (κ1) is 19.7. The number of carbonyl (C=O) groups is 2. The molecule has 156 valence electrons. The van der Waals surface area contributed by atoms with Gasteiger partial charge < -0.3 is 24.7 Å². The van der Waals surface area contributed by atoms with Crippen molar-refractivity contribution in [3.05, 3.63) is 35.9 Å². The van der Waals surface area contributed by atoms with E-state index in [4.69, 9.17) is 9.57 Å². The van der Waals surface area contributed by atoms with Crippen molar-refractivity contribution in [2.24, 2.45) is 5.16 Å². The fourth-order valence-electron chi connectivity index (χ4n) is 4.07. The summed E-state index contributed by atoms with van der Waals surface area (Å²) in [6, 6.07) is 10.1. The highest BCUT2D eigenvalue weighted by Crippen LogP contribution is 2.34. The number of nitrogens with one attached hydrogen (secondary N) is 1. The van der Waals surface area contributed by atoms with Gasteiger partial charge in [-0.1, -0.05) is 42.4 Å². The van der Waals surface area contributed by atoms with Crippen LogP contribution in [0, 0.1) is 0 Å². The van der Waals surface area contributed by atoms with E-state index in [9.17, 15) is 9.59 Å². The summed E-state index contributed by atoms with van der Waals surface area (Å²) in [5, 5.41) is 7.02. The molecule has 4 rings (SSSR count). The van der Waals surface area contributed by atoms with Crippen LogP contribution in [0.3, 0.4) is 0 Å². The average Bonchev–Trinajstić information content (AvgIpc) is 3.39. The van der Waals surface area contributed by atoms with E-state index in [-0.39, 0.29) is 17.9 Å². The van der Waals surface area contributed by atoms with Gasteiger partial charge in [-0.3, -0.25) is 4.79 Å². The van der Waals surface area contributed by atoms with Crippen LogP contribution in [-0.4, -0.2) is 79.0 Å². The number of amides is 3. The maximum atomic E-state index is 12.7. The topological polar surface area (TPSA) is 83.5 Å². The Labute approximate surface area is 170 Å². The molecular weight excluding hydrogens is 372 g/mol. The Kier molecular flexibility index (Phi) is 5.71. The average molecular weight is 400 g/mol. The third-order valence-electron chi connectivity index (χ3n) is 5.91. The molecule has 0 aliphatic carbocycles. The summed E-state index contributed by atoms with van der Waals surface area (Å²) in [7, 11) is 0. The van der Waals surface area contributed by atoms with Gasteiger partial charge in [-0.25, -0.2) is 4.79 Å². The molecular formula is C21H28N4O4. The van der Waals surface area contributed by atoms with Gasteiger partial charge in [0.1, 0.15) is 5.71 Å². The number of nitrogens with zero attached hydrogens (tertiary/aromatic N) is 3. The number of oxime groups is 1. The van der Waals surface area contributed by atoms with Crippen molar-refractivity contribution in [1.82, 2.24) is 15.1 Å². The largest absolute Gasteiger partial charge is 0.386 e. The molecule has 2 fully saturated rings. The van der Waals surface area contributed by atoms with E-state index >= 15 is 0 Å². The Morgan fingerprint density at radius 3 is 2.69 bits per heavy atom. The summed E-state index contributed by atoms with van der Waals surface area (Å²) < 4.78 is 5.31. The van der Waals surface area contributed by atoms with Crippen LogP contribution in [0.15, 0.2) is 35.5 Å². The summed E-state index contributed by atoms with van der Waals surface area (Å²) in [6.45, 7) is 6.09. The second-order valence-corrected chi connectivity index (χ2v) is 8.06. The quantitative estimate of drug-likeness (QED) is 0.832. The fourth-order valence-corrected chi connectivity index (χ4v) is 4.07. The second kappa shape index (κ2) is 8.41. The zero-order chi connectivity index (χ0) is 20.3. The van der Waals surface area contributed by atoms with Gasteiger partial charge in [0.05, 0.1) is 19.8 Å². The van der Waals surface area contributed by atoms with Gasteiger partial charge in [0, 0.05) is 39.0 Å². The van der Waals surface area contributed by atoms with Gasteiger partial charge >= 0.3 is 6.03 Å². The van der Waals surface area contributed by atoms with Gasteiger partial charge in [0.2, 0.25) is 0 Å². The molecule has 2 atom stereocenters. The first-order chi connectivity index (χ1) is 14.1. The summed E-state index contributed by atoms with van der Waals surface area (Å²) in [6.07, 6.45) is 1.12. The minimum atomic E-state index is -0.570. The maximum Gasteiger partial charge on any atom is 0.320 e. The summed E-state index contributed by atoms with van der Waals surface area (Å²) in [4.78, 5) is 34.6. The van der Waals surface area contributed by atoms with Crippen LogP contribution in [0.25, 0.3) is 0 Å². The molecule has 0 radical (unpaired) electrons. The molecule has 0 bridgehead atoms. The predicted octanol–water partition coefficient (Wildman–Crippen LogP) is 1.58. The highest BCUT2D eigenvalue weighted by Gasteiger charge is 2.48. The Morgan fingerprint density at radius 1 is 1.17 bits per heavy atom. The molecule has 0 unspecified atom stereocenters. The summed E-state index contributed by atoms with van der Waals surface area (Å²) in [5.74, 6) is 0.0211. The summed E-state index contributed by atoms with van der Waals surface area (Å²) in [5.41, 5.74) is 1.02. The van der Waals surface area contributed by atoms with Gasteiger partial charge in [0.25, 0.3) is 5.91 Å². The van der Waals surface area contributed by atoms with Crippen molar-refractivity contribution in [1.29, 1.82) is 0 Å². The fraction of sp³-hybridized carbons (Fsp3) is 0.571. The number of ether oxygens (including phenoxy) is 1. The molecule has 0 aromatic heterocycles. The van der Waals surface area contributed by atoms with Crippen LogP contribution < -0.4 is 5.32 Å². The highest BCUT2D eigenvalue weighted by atomic mass is 16.7. The molecule has 8 heteroatoms. The molecule has 1 aromatic rings. The molecule has 8 nitrogen and oxygen atoms in total. The van der Waals surface area contributed by atoms with E-state index in [1.165, 1.54) is 5.56 Å². The molecule has 3 amide bonds. The highest BCUT2D eigenvalue weighted by molar-refractivity contribution is 6.39. The number of hydrogen-bond donors (Lipinski definition) is 1. The van der Waals surface area contributed by atoms with Crippen molar-refractivity contribution in [3.8, 4) is 0 Å². The molecule has 3 heterocycles. The van der Waals surface area contributed by atoms with E-state index < -0.39 is 5.60 Å². The lowest BCUT2D eigenvalue weighted by Gasteiger charge is -2.31. The van der Waals surface area contributed by atoms with Crippen molar-refractivity contribution in [2.75, 3.05) is 45.9 Å². The lowest BCUT2D eigenvalue weighted by atomic mass is 9.96. The molecule has 1 spiro atoms. The van der Waals surface area contributed by atoms with Gasteiger partial charge in [0.15, 0.2) is 5.60 Å². The van der Waals surface area contributed by atoms with Gasteiger partial charge in [-0.05, 0) is 11.5 Å². The van der Waals surface area contributed by atoms with Crippen LogP contribution in [0.4, 0.5) is 4.79 Å². The first-order valence-electron chi connectivity index (χ1n) is 10.3. The minimum Gasteiger partial charge on any atom is -0.386 e. The Balaban J connectivity index is 1.27. The number of likely N-dealkylation sites (tertiary alicyclic amines) is 1. The lowest BCUT2D eigenvalue weighted by molar-refractivity contribution is -0.115. The Bertz CT molecular complexity index is 778. The second-order valence-electron chi connectivity index (χ2n) is 8.06. The van der Waals surface area contributed by atoms with E-state index in [1.54, 1.807) is 4.90 Å². The standard InChI is InChI=1S/C21H28N4O4/c1-16(17-5-3-2-4-6-17)14-22-19(26)18-13-21(29-23-18)7-8-25(15-21)20(27)24-9-11-28-12-10-24/h2-6,16H,7-15H2,1H3,(H,22,26)/t16-,21+/m1/s1. The Hall–Kier alpha value is -2.61. The van der Waals surface area contributed by atoms with E-state index in [1.807, 2.05) is 23.1 Å². The first-order valence-corrected chi connectivity index (χ1v) is 10.3. The molecule has 1 N–H and O–H groups in total. The molecule has 3 aliphatic heterocycles. The Morgan fingerprint density at radius 2 is 1.93 bits per heavy atom. The minimum absolute atomic E-state index is 0.0170. The van der Waals surface area contributed by atoms with Crippen molar-refractivity contribution >= 4 is 17.6 Å². The van der Waals surface area contributed by atoms with Crippen LogP contribution in [-0.2, 0) is 14.4 Å². The number of rotatable bonds is 4. The van der Waals surface area contributed by atoms with E-state index in [2.05, 4.69) is 29.5 Å². The zero-order valence-electron chi connectivity index (χ0n) is 16.8. The number of hydrogen-bond acceptors (Lipinski definition) is 5.